The molecule has 1 fully saturated rings. The first-order valence-corrected chi connectivity index (χ1v) is 7.00. The fourth-order valence-corrected chi connectivity index (χ4v) is 2.67. The Labute approximate surface area is 118 Å². The largest absolute Gasteiger partial charge is 0.316 e. The lowest BCUT2D eigenvalue weighted by Crippen LogP contribution is -2.10. The second-order valence-electron chi connectivity index (χ2n) is 5.32. The Morgan fingerprint density at radius 2 is 2.05 bits per heavy atom. The van der Waals surface area contributed by atoms with Crippen molar-refractivity contribution in [1.82, 2.24) is 15.3 Å². The molecule has 0 amide bonds. The van der Waals surface area contributed by atoms with E-state index in [4.69, 9.17) is 0 Å². The maximum atomic E-state index is 12.9. The van der Waals surface area contributed by atoms with E-state index in [1.807, 2.05) is 19.1 Å². The second kappa shape index (κ2) is 5.67. The van der Waals surface area contributed by atoms with Crippen molar-refractivity contribution in [2.75, 3.05) is 13.1 Å². The van der Waals surface area contributed by atoms with Crippen molar-refractivity contribution in [3.63, 3.8) is 0 Å². The normalized spacial score (nSPS) is 18.4. The molecule has 1 atom stereocenters. The molecule has 20 heavy (non-hydrogen) atoms. The van der Waals surface area contributed by atoms with Gasteiger partial charge in [-0.15, -0.1) is 0 Å². The molecule has 2 heterocycles. The average Bonchev–Trinajstić information content (AvgIpc) is 2.95. The zero-order valence-corrected chi connectivity index (χ0v) is 11.6. The summed E-state index contributed by atoms with van der Waals surface area (Å²) in [7, 11) is 0. The SMILES string of the molecule is Cc1nc(Cc2ccc(F)cc2)cc([C@@H]2CCNC2)n1. The molecule has 1 N–H and O–H groups in total. The van der Waals surface area contributed by atoms with Crippen LogP contribution >= 0.6 is 0 Å². The summed E-state index contributed by atoms with van der Waals surface area (Å²) in [4.78, 5) is 9.06. The van der Waals surface area contributed by atoms with Gasteiger partial charge in [0.2, 0.25) is 0 Å². The fraction of sp³-hybridized carbons (Fsp3) is 0.375. The highest BCUT2D eigenvalue weighted by Gasteiger charge is 2.19. The van der Waals surface area contributed by atoms with Gasteiger partial charge in [-0.3, -0.25) is 0 Å². The van der Waals surface area contributed by atoms with E-state index in [9.17, 15) is 4.39 Å². The summed E-state index contributed by atoms with van der Waals surface area (Å²) in [5.41, 5.74) is 3.20. The molecule has 104 valence electrons. The lowest BCUT2D eigenvalue weighted by Gasteiger charge is -2.11. The quantitative estimate of drug-likeness (QED) is 0.932. The Kier molecular flexibility index (Phi) is 3.74. The lowest BCUT2D eigenvalue weighted by atomic mass is 10.0. The van der Waals surface area contributed by atoms with Gasteiger partial charge in [-0.05, 0) is 43.7 Å². The molecule has 0 radical (unpaired) electrons. The van der Waals surface area contributed by atoms with Gasteiger partial charge in [-0.1, -0.05) is 12.1 Å². The van der Waals surface area contributed by atoms with E-state index in [0.29, 0.717) is 5.92 Å². The summed E-state index contributed by atoms with van der Waals surface area (Å²) >= 11 is 0. The van der Waals surface area contributed by atoms with Crippen molar-refractivity contribution in [3.05, 3.63) is 58.9 Å². The monoisotopic (exact) mass is 271 g/mol. The van der Waals surface area contributed by atoms with Crippen LogP contribution in [0.1, 0.15) is 35.1 Å². The van der Waals surface area contributed by atoms with Crippen LogP contribution in [0.2, 0.25) is 0 Å². The first kappa shape index (κ1) is 13.2. The predicted octanol–water partition coefficient (Wildman–Crippen LogP) is 2.59. The molecule has 0 saturated carbocycles. The number of nitrogens with one attached hydrogen (secondary N) is 1. The molecule has 3 rings (SSSR count). The van der Waals surface area contributed by atoms with Crippen LogP contribution < -0.4 is 5.32 Å². The average molecular weight is 271 g/mol. The molecule has 0 unspecified atom stereocenters. The molecule has 1 aliphatic heterocycles. The van der Waals surface area contributed by atoms with Gasteiger partial charge in [0.1, 0.15) is 11.6 Å². The van der Waals surface area contributed by atoms with Gasteiger partial charge in [0.15, 0.2) is 0 Å². The minimum absolute atomic E-state index is 0.203. The third kappa shape index (κ3) is 3.02. The number of rotatable bonds is 3. The van der Waals surface area contributed by atoms with E-state index >= 15 is 0 Å². The van der Waals surface area contributed by atoms with Crippen molar-refractivity contribution < 1.29 is 4.39 Å². The molecule has 0 aliphatic carbocycles. The van der Waals surface area contributed by atoms with Gasteiger partial charge in [-0.25, -0.2) is 14.4 Å². The van der Waals surface area contributed by atoms with E-state index in [1.54, 1.807) is 0 Å². The van der Waals surface area contributed by atoms with Gasteiger partial charge >= 0.3 is 0 Å². The van der Waals surface area contributed by atoms with E-state index in [-0.39, 0.29) is 5.82 Å². The Balaban J connectivity index is 1.83. The molecule has 3 nitrogen and oxygen atoms in total. The summed E-state index contributed by atoms with van der Waals surface area (Å²) in [5, 5.41) is 3.36. The topological polar surface area (TPSA) is 37.8 Å². The molecule has 1 aromatic heterocycles. The van der Waals surface area contributed by atoms with E-state index < -0.39 is 0 Å². The highest BCUT2D eigenvalue weighted by Crippen LogP contribution is 2.21. The van der Waals surface area contributed by atoms with Gasteiger partial charge in [0, 0.05) is 30.3 Å². The Bertz CT molecular complexity index is 589. The third-order valence-corrected chi connectivity index (χ3v) is 3.69. The molecule has 4 heteroatoms. The molecule has 0 bridgehead atoms. The van der Waals surface area contributed by atoms with E-state index in [2.05, 4.69) is 21.4 Å². The molecular formula is C16H18FN3. The minimum atomic E-state index is -0.203. The van der Waals surface area contributed by atoms with Crippen LogP contribution in [0.3, 0.4) is 0 Å². The van der Waals surface area contributed by atoms with Crippen LogP contribution in [0, 0.1) is 12.7 Å². The number of nitrogens with zero attached hydrogens (tertiary/aromatic N) is 2. The van der Waals surface area contributed by atoms with Crippen molar-refractivity contribution in [2.45, 2.75) is 25.7 Å². The second-order valence-corrected chi connectivity index (χ2v) is 5.32. The highest BCUT2D eigenvalue weighted by atomic mass is 19.1. The zero-order chi connectivity index (χ0) is 13.9. The van der Waals surface area contributed by atoms with Gasteiger partial charge in [-0.2, -0.15) is 0 Å². The molecule has 0 spiro atoms. The van der Waals surface area contributed by atoms with Gasteiger partial charge < -0.3 is 5.32 Å². The minimum Gasteiger partial charge on any atom is -0.316 e. The van der Waals surface area contributed by atoms with Crippen molar-refractivity contribution in [2.24, 2.45) is 0 Å². The summed E-state index contributed by atoms with van der Waals surface area (Å²) in [6, 6.07) is 8.69. The van der Waals surface area contributed by atoms with Crippen LogP contribution in [-0.2, 0) is 6.42 Å². The van der Waals surface area contributed by atoms with Crippen molar-refractivity contribution in [3.8, 4) is 0 Å². The number of aryl methyl sites for hydroxylation is 1. The van der Waals surface area contributed by atoms with Crippen LogP contribution in [0.15, 0.2) is 30.3 Å². The summed E-state index contributed by atoms with van der Waals surface area (Å²) in [6.07, 6.45) is 1.85. The maximum absolute atomic E-state index is 12.9. The summed E-state index contributed by atoms with van der Waals surface area (Å²) in [5.74, 6) is 1.10. The maximum Gasteiger partial charge on any atom is 0.125 e. The Morgan fingerprint density at radius 1 is 1.25 bits per heavy atom. The van der Waals surface area contributed by atoms with Crippen LogP contribution in [-0.4, -0.2) is 23.1 Å². The number of benzene rings is 1. The highest BCUT2D eigenvalue weighted by molar-refractivity contribution is 5.25. The van der Waals surface area contributed by atoms with Gasteiger partial charge in [0.05, 0.1) is 0 Å². The summed E-state index contributed by atoms with van der Waals surface area (Å²) < 4.78 is 12.9. The molecule has 1 saturated heterocycles. The summed E-state index contributed by atoms with van der Waals surface area (Å²) in [6.45, 7) is 3.98. The first-order valence-electron chi connectivity index (χ1n) is 7.00. The van der Waals surface area contributed by atoms with Crippen LogP contribution in [0.25, 0.3) is 0 Å². The molecular weight excluding hydrogens is 253 g/mol. The fourth-order valence-electron chi connectivity index (χ4n) is 2.67. The molecule has 1 aliphatic rings. The van der Waals surface area contributed by atoms with Crippen LogP contribution in [0.5, 0.6) is 0 Å². The Hall–Kier alpha value is -1.81. The zero-order valence-electron chi connectivity index (χ0n) is 11.6. The number of hydrogen-bond acceptors (Lipinski definition) is 3. The van der Waals surface area contributed by atoms with Crippen molar-refractivity contribution >= 4 is 0 Å². The van der Waals surface area contributed by atoms with E-state index in [1.165, 1.54) is 12.1 Å². The number of hydrogen-bond donors (Lipinski definition) is 1. The number of halogens is 1. The van der Waals surface area contributed by atoms with Crippen molar-refractivity contribution in [1.29, 1.82) is 0 Å². The lowest BCUT2D eigenvalue weighted by molar-refractivity contribution is 0.627. The van der Waals surface area contributed by atoms with Gasteiger partial charge in [0.25, 0.3) is 0 Å². The molecule has 1 aromatic carbocycles. The van der Waals surface area contributed by atoms with E-state index in [0.717, 1.165) is 48.7 Å². The first-order chi connectivity index (χ1) is 9.70. The smallest absolute Gasteiger partial charge is 0.125 e. The predicted molar refractivity (Wildman–Crippen MR) is 76.2 cm³/mol. The number of aromatic nitrogens is 2. The van der Waals surface area contributed by atoms with Crippen LogP contribution in [0.4, 0.5) is 4.39 Å². The molecule has 2 aromatic rings. The third-order valence-electron chi connectivity index (χ3n) is 3.69. The standard InChI is InChI=1S/C16H18FN3/c1-11-19-15(8-12-2-4-14(17)5-3-12)9-16(20-11)13-6-7-18-10-13/h2-5,9,13,18H,6-8,10H2,1H3/t13-/m1/s1. The Morgan fingerprint density at radius 3 is 2.75 bits per heavy atom.